The van der Waals surface area contributed by atoms with Crippen LogP contribution in [0.1, 0.15) is 25.3 Å². The van der Waals surface area contributed by atoms with Crippen molar-refractivity contribution < 1.29 is 12.9 Å². The largest absolute Gasteiger partial charge is 0.339 e. The van der Waals surface area contributed by atoms with Crippen molar-refractivity contribution in [1.82, 2.24) is 14.4 Å². The van der Waals surface area contributed by atoms with Gasteiger partial charge in [-0.15, -0.1) is 0 Å². The molecule has 3 rings (SSSR count). The second-order valence-electron chi connectivity index (χ2n) is 6.79. The number of aromatic nitrogens is 2. The Balaban J connectivity index is 1.75. The van der Waals surface area contributed by atoms with Crippen molar-refractivity contribution >= 4 is 21.6 Å². The predicted octanol–water partition coefficient (Wildman–Crippen LogP) is 4.34. The Hall–Kier alpha value is -2.22. The normalized spacial score (nSPS) is 12.1. The molecule has 0 aliphatic rings. The fraction of sp³-hybridized carbons (Fsp3) is 0.300. The highest BCUT2D eigenvalue weighted by Crippen LogP contribution is 2.21. The molecule has 0 radical (unpaired) electrons. The third-order valence-corrected chi connectivity index (χ3v) is 6.66. The maximum atomic E-state index is 13.0. The molecule has 0 unspecified atom stereocenters. The van der Waals surface area contributed by atoms with Gasteiger partial charge in [0, 0.05) is 29.6 Å². The zero-order valence-corrected chi connectivity index (χ0v) is 17.5. The number of nitrogens with zero attached hydrogens (tertiary/aromatic N) is 3. The average molecular weight is 420 g/mol. The molecule has 1 heterocycles. The number of aryl methyl sites for hydroxylation is 1. The summed E-state index contributed by atoms with van der Waals surface area (Å²) in [4.78, 5) is 4.60. The molecule has 0 saturated heterocycles. The molecule has 0 amide bonds. The first-order valence-electron chi connectivity index (χ1n) is 8.94. The van der Waals surface area contributed by atoms with Crippen LogP contribution in [0.5, 0.6) is 0 Å². The van der Waals surface area contributed by atoms with Crippen LogP contribution in [-0.4, -0.2) is 35.5 Å². The van der Waals surface area contributed by atoms with Crippen molar-refractivity contribution in [3.8, 4) is 11.4 Å². The van der Waals surface area contributed by atoms with Crippen LogP contribution in [0.15, 0.2) is 57.9 Å². The summed E-state index contributed by atoms with van der Waals surface area (Å²) in [7, 11) is -3.65. The Morgan fingerprint density at radius 2 is 1.71 bits per heavy atom. The topological polar surface area (TPSA) is 76.3 Å². The van der Waals surface area contributed by atoms with Crippen molar-refractivity contribution in [3.63, 3.8) is 0 Å². The first kappa shape index (κ1) is 20.5. The monoisotopic (exact) mass is 419 g/mol. The van der Waals surface area contributed by atoms with Crippen LogP contribution in [0.3, 0.4) is 0 Å². The van der Waals surface area contributed by atoms with Crippen molar-refractivity contribution in [2.75, 3.05) is 6.54 Å². The van der Waals surface area contributed by atoms with Crippen LogP contribution in [-0.2, 0) is 16.4 Å². The van der Waals surface area contributed by atoms with E-state index in [1.807, 2.05) is 45.0 Å². The van der Waals surface area contributed by atoms with Crippen LogP contribution in [0.2, 0.25) is 5.02 Å². The number of halogens is 1. The molecule has 0 bridgehead atoms. The number of hydrogen-bond donors (Lipinski definition) is 0. The molecule has 0 atom stereocenters. The van der Waals surface area contributed by atoms with Crippen LogP contribution >= 0.6 is 11.6 Å². The average Bonchev–Trinajstić information content (AvgIpc) is 3.11. The lowest BCUT2D eigenvalue weighted by molar-refractivity contribution is 0.325. The maximum Gasteiger partial charge on any atom is 0.243 e. The van der Waals surface area contributed by atoms with E-state index in [1.165, 1.54) is 16.4 Å². The van der Waals surface area contributed by atoms with E-state index in [0.717, 1.165) is 11.1 Å². The highest BCUT2D eigenvalue weighted by atomic mass is 35.5. The Bertz CT molecular complexity index is 1030. The highest BCUT2D eigenvalue weighted by Gasteiger charge is 2.27. The molecule has 2 aromatic carbocycles. The first-order valence-corrected chi connectivity index (χ1v) is 10.8. The van der Waals surface area contributed by atoms with Gasteiger partial charge >= 0.3 is 0 Å². The molecule has 1 aromatic heterocycles. The van der Waals surface area contributed by atoms with Crippen LogP contribution in [0, 0.1) is 6.92 Å². The van der Waals surface area contributed by atoms with Crippen molar-refractivity contribution in [1.29, 1.82) is 0 Å². The van der Waals surface area contributed by atoms with Crippen LogP contribution in [0.4, 0.5) is 0 Å². The lowest BCUT2D eigenvalue weighted by atomic mass is 10.1. The molecule has 8 heteroatoms. The van der Waals surface area contributed by atoms with E-state index in [9.17, 15) is 8.42 Å². The van der Waals surface area contributed by atoms with E-state index < -0.39 is 10.0 Å². The maximum absolute atomic E-state index is 13.0. The Labute approximate surface area is 170 Å². The van der Waals surface area contributed by atoms with Gasteiger partial charge in [0.05, 0.1) is 4.90 Å². The highest BCUT2D eigenvalue weighted by molar-refractivity contribution is 7.89. The van der Waals surface area contributed by atoms with Crippen LogP contribution in [0.25, 0.3) is 11.4 Å². The van der Waals surface area contributed by atoms with Crippen molar-refractivity contribution in [3.05, 3.63) is 65.0 Å². The zero-order chi connectivity index (χ0) is 20.3. The molecule has 0 spiro atoms. The van der Waals surface area contributed by atoms with Gasteiger partial charge in [0.1, 0.15) is 0 Å². The molecule has 28 heavy (non-hydrogen) atoms. The van der Waals surface area contributed by atoms with E-state index in [2.05, 4.69) is 10.1 Å². The Morgan fingerprint density at radius 3 is 2.32 bits per heavy atom. The molecular formula is C20H22ClN3O3S. The van der Waals surface area contributed by atoms with E-state index in [1.54, 1.807) is 12.1 Å². The quantitative estimate of drug-likeness (QED) is 0.569. The lowest BCUT2D eigenvalue weighted by Crippen LogP contribution is -2.38. The van der Waals surface area contributed by atoms with Gasteiger partial charge in [-0.05, 0) is 45.0 Å². The summed E-state index contributed by atoms with van der Waals surface area (Å²) in [5, 5.41) is 4.49. The van der Waals surface area contributed by atoms with Crippen molar-refractivity contribution in [2.24, 2.45) is 0 Å². The fourth-order valence-corrected chi connectivity index (χ4v) is 4.54. The predicted molar refractivity (Wildman–Crippen MR) is 109 cm³/mol. The second-order valence-corrected chi connectivity index (χ2v) is 9.12. The van der Waals surface area contributed by atoms with Gasteiger partial charge < -0.3 is 4.52 Å². The molecule has 148 valence electrons. The third kappa shape index (κ3) is 4.60. The van der Waals surface area contributed by atoms with Gasteiger partial charge in [-0.2, -0.15) is 9.29 Å². The van der Waals surface area contributed by atoms with Crippen molar-refractivity contribution in [2.45, 2.75) is 38.1 Å². The van der Waals surface area contributed by atoms with E-state index in [0.29, 0.717) is 23.2 Å². The molecular weight excluding hydrogens is 398 g/mol. The van der Waals surface area contributed by atoms with Gasteiger partial charge in [0.15, 0.2) is 0 Å². The second kappa shape index (κ2) is 8.43. The molecule has 0 aliphatic heterocycles. The lowest BCUT2D eigenvalue weighted by Gasteiger charge is -2.25. The fourth-order valence-electron chi connectivity index (χ4n) is 2.78. The number of rotatable bonds is 7. The number of sulfonamides is 1. The molecule has 0 aliphatic carbocycles. The summed E-state index contributed by atoms with van der Waals surface area (Å²) in [5.41, 5.74) is 2.00. The van der Waals surface area contributed by atoms with Gasteiger partial charge in [0.2, 0.25) is 21.7 Å². The van der Waals surface area contributed by atoms with E-state index >= 15 is 0 Å². The Morgan fingerprint density at radius 1 is 1.07 bits per heavy atom. The number of hydrogen-bond acceptors (Lipinski definition) is 5. The minimum atomic E-state index is -3.65. The van der Waals surface area contributed by atoms with Gasteiger partial charge in [0.25, 0.3) is 0 Å². The molecule has 0 fully saturated rings. The minimum Gasteiger partial charge on any atom is -0.339 e. The summed E-state index contributed by atoms with van der Waals surface area (Å²) < 4.78 is 32.7. The SMILES string of the molecule is Cc1ccc(-c2noc(CCN(C(C)C)S(=O)(=O)c3ccc(Cl)cc3)n2)cc1. The molecule has 6 nitrogen and oxygen atoms in total. The number of benzene rings is 2. The molecule has 3 aromatic rings. The van der Waals surface area contributed by atoms with Gasteiger partial charge in [-0.3, -0.25) is 0 Å². The third-order valence-electron chi connectivity index (χ3n) is 4.32. The summed E-state index contributed by atoms with van der Waals surface area (Å²) in [5.74, 6) is 0.888. The molecule has 0 N–H and O–H groups in total. The smallest absolute Gasteiger partial charge is 0.243 e. The van der Waals surface area contributed by atoms with Gasteiger partial charge in [-0.1, -0.05) is 46.6 Å². The summed E-state index contributed by atoms with van der Waals surface area (Å²) in [6.45, 7) is 5.91. The first-order chi connectivity index (χ1) is 13.3. The minimum absolute atomic E-state index is 0.205. The van der Waals surface area contributed by atoms with Crippen LogP contribution < -0.4 is 0 Å². The van der Waals surface area contributed by atoms with E-state index in [4.69, 9.17) is 16.1 Å². The summed E-state index contributed by atoms with van der Waals surface area (Å²) in [6, 6.07) is 13.7. The molecule has 0 saturated carbocycles. The Kier molecular flexibility index (Phi) is 6.17. The zero-order valence-electron chi connectivity index (χ0n) is 16.0. The standard InChI is InChI=1S/C20H22ClN3O3S/c1-14(2)24(28(25,26)18-10-8-17(21)9-11-18)13-12-19-22-20(23-27-19)16-6-4-15(3)5-7-16/h4-11,14H,12-13H2,1-3H3. The van der Waals surface area contributed by atoms with E-state index in [-0.39, 0.29) is 17.5 Å². The summed E-state index contributed by atoms with van der Waals surface area (Å²) in [6.07, 6.45) is 0.323. The van der Waals surface area contributed by atoms with Gasteiger partial charge in [-0.25, -0.2) is 8.42 Å². The summed E-state index contributed by atoms with van der Waals surface area (Å²) >= 11 is 5.87.